The molecule has 2 aliphatic rings. The van der Waals surface area contributed by atoms with Gasteiger partial charge in [-0.2, -0.15) is 0 Å². The predicted molar refractivity (Wildman–Crippen MR) is 106 cm³/mol. The molecule has 1 atom stereocenters. The molecule has 0 saturated carbocycles. The van der Waals surface area contributed by atoms with Crippen LogP contribution in [0.3, 0.4) is 0 Å². The number of aromatic nitrogens is 2. The number of amides is 1. The molecular weight excluding hydrogens is 350 g/mol. The Hall–Kier alpha value is -3.93. The fourth-order valence-electron chi connectivity index (χ4n) is 3.60. The van der Waals surface area contributed by atoms with Crippen molar-refractivity contribution in [2.24, 2.45) is 0 Å². The van der Waals surface area contributed by atoms with E-state index in [9.17, 15) is 4.79 Å². The van der Waals surface area contributed by atoms with Crippen molar-refractivity contribution < 1.29 is 9.78 Å². The number of aromatic amines is 1. The highest BCUT2D eigenvalue weighted by Crippen LogP contribution is 2.34. The Kier molecular flexibility index (Phi) is 3.87. The maximum Gasteiger partial charge on any atom is 0.273 e. The number of anilines is 1. The largest absolute Gasteiger partial charge is 0.355 e. The standard InChI is InChI=1S/C22H17N5O/c28-22(25-18-5-3-4-16-14-24-12-9-17(16)18)20-19-6-1-2-13-27(19)21(26-20)15-7-10-23-11-8-15/h1-14,21,26H,(H,25,28)/p+1. The second-order valence-electron chi connectivity index (χ2n) is 6.60. The van der Waals surface area contributed by atoms with Crippen LogP contribution in [0.15, 0.2) is 97.0 Å². The number of carbonyl (C=O) groups excluding carboxylic acids is 1. The van der Waals surface area contributed by atoms with E-state index in [0.29, 0.717) is 5.70 Å². The number of allylic oxidation sites excluding steroid dienone is 3. The fraction of sp³-hybridized carbons (Fsp3) is 0.0455. The number of benzene rings is 1. The fourth-order valence-corrected chi connectivity index (χ4v) is 3.60. The van der Waals surface area contributed by atoms with Gasteiger partial charge in [-0.1, -0.05) is 12.1 Å². The van der Waals surface area contributed by atoms with E-state index in [1.807, 2.05) is 73.2 Å². The maximum absolute atomic E-state index is 13.2. The highest BCUT2D eigenvalue weighted by molar-refractivity contribution is 6.09. The molecule has 2 aromatic heterocycles. The van der Waals surface area contributed by atoms with Crippen LogP contribution in [0.4, 0.5) is 5.69 Å². The van der Waals surface area contributed by atoms with E-state index in [1.165, 1.54) is 0 Å². The second kappa shape index (κ2) is 6.66. The molecule has 4 heterocycles. The summed E-state index contributed by atoms with van der Waals surface area (Å²) in [6.07, 6.45) is 14.9. The molecule has 1 unspecified atom stereocenters. The average Bonchev–Trinajstić information content (AvgIpc) is 3.15. The van der Waals surface area contributed by atoms with Gasteiger partial charge in [-0.25, -0.2) is 4.98 Å². The molecule has 1 aromatic carbocycles. The molecule has 6 nitrogen and oxygen atoms in total. The van der Waals surface area contributed by atoms with E-state index < -0.39 is 0 Å². The number of rotatable bonds is 3. The minimum atomic E-state index is -0.170. The summed E-state index contributed by atoms with van der Waals surface area (Å²) in [4.78, 5) is 22.4. The zero-order chi connectivity index (χ0) is 18.9. The third-order valence-corrected chi connectivity index (χ3v) is 4.93. The number of H-pyrrole nitrogens is 1. The first-order chi connectivity index (χ1) is 13.8. The van der Waals surface area contributed by atoms with Crippen molar-refractivity contribution in [3.63, 3.8) is 0 Å². The molecule has 6 heteroatoms. The first-order valence-electron chi connectivity index (χ1n) is 9.05. The molecule has 0 fully saturated rings. The van der Waals surface area contributed by atoms with E-state index >= 15 is 0 Å². The number of carbonyl (C=O) groups is 1. The summed E-state index contributed by atoms with van der Waals surface area (Å²) >= 11 is 0. The Balaban J connectivity index is 1.48. The Morgan fingerprint density at radius 3 is 2.93 bits per heavy atom. The third kappa shape index (κ3) is 2.72. The molecule has 136 valence electrons. The lowest BCUT2D eigenvalue weighted by molar-refractivity contribution is -0.375. The summed E-state index contributed by atoms with van der Waals surface area (Å²) < 4.78 is 0. The minimum absolute atomic E-state index is 0.151. The summed E-state index contributed by atoms with van der Waals surface area (Å²) in [5.41, 5.74) is 3.20. The zero-order valence-corrected chi connectivity index (χ0v) is 15.0. The lowest BCUT2D eigenvalue weighted by Gasteiger charge is -2.25. The van der Waals surface area contributed by atoms with Gasteiger partial charge < -0.3 is 15.5 Å². The number of nitrogens with one attached hydrogen (secondary N) is 3. The summed E-state index contributed by atoms with van der Waals surface area (Å²) in [5, 5.41) is 8.46. The maximum atomic E-state index is 13.2. The van der Waals surface area contributed by atoms with Crippen molar-refractivity contribution in [3.8, 4) is 0 Å². The van der Waals surface area contributed by atoms with Gasteiger partial charge >= 0.3 is 0 Å². The monoisotopic (exact) mass is 368 g/mol. The topological polar surface area (TPSA) is 71.4 Å². The van der Waals surface area contributed by atoms with Crippen molar-refractivity contribution >= 4 is 22.4 Å². The normalized spacial score (nSPS) is 17.6. The van der Waals surface area contributed by atoms with E-state index in [2.05, 4.69) is 25.5 Å². The molecule has 0 spiro atoms. The molecule has 0 saturated heterocycles. The Morgan fingerprint density at radius 1 is 1.14 bits per heavy atom. The summed E-state index contributed by atoms with van der Waals surface area (Å²) in [6, 6.07) is 11.7. The van der Waals surface area contributed by atoms with Gasteiger partial charge in [0.1, 0.15) is 11.9 Å². The first kappa shape index (κ1) is 16.3. The Morgan fingerprint density at radius 2 is 2.04 bits per heavy atom. The third-order valence-electron chi connectivity index (χ3n) is 4.93. The van der Waals surface area contributed by atoms with Crippen LogP contribution in [0, 0.1) is 0 Å². The van der Waals surface area contributed by atoms with Crippen molar-refractivity contribution in [2.45, 2.75) is 6.17 Å². The Bertz CT molecular complexity index is 1140. The van der Waals surface area contributed by atoms with Crippen molar-refractivity contribution in [2.75, 3.05) is 5.32 Å². The lowest BCUT2D eigenvalue weighted by atomic mass is 10.1. The quantitative estimate of drug-likeness (QED) is 0.746. The first-order valence-corrected chi connectivity index (χ1v) is 9.05. The van der Waals surface area contributed by atoms with E-state index in [4.69, 9.17) is 0 Å². The molecule has 2 aliphatic heterocycles. The number of pyridine rings is 2. The van der Waals surface area contributed by atoms with E-state index in [1.54, 1.807) is 12.4 Å². The molecule has 0 aliphatic carbocycles. The van der Waals surface area contributed by atoms with Crippen LogP contribution in [-0.2, 0) is 4.79 Å². The average molecular weight is 368 g/mol. The van der Waals surface area contributed by atoms with Gasteiger partial charge in [0.15, 0.2) is 12.4 Å². The second-order valence-corrected chi connectivity index (χ2v) is 6.60. The summed E-state index contributed by atoms with van der Waals surface area (Å²) in [5.74, 6) is -0.170. The van der Waals surface area contributed by atoms with Gasteiger partial charge in [0.2, 0.25) is 0 Å². The van der Waals surface area contributed by atoms with Crippen molar-refractivity contribution in [1.29, 1.82) is 0 Å². The number of hydrogen-bond donors (Lipinski definition) is 2. The van der Waals surface area contributed by atoms with Crippen LogP contribution in [0.5, 0.6) is 0 Å². The summed E-state index contributed by atoms with van der Waals surface area (Å²) in [6.45, 7) is 0. The molecule has 0 bridgehead atoms. The van der Waals surface area contributed by atoms with E-state index in [0.717, 1.165) is 27.7 Å². The lowest BCUT2D eigenvalue weighted by Crippen LogP contribution is -2.28. The van der Waals surface area contributed by atoms with Gasteiger partial charge in [0.05, 0.1) is 5.70 Å². The Labute approximate surface area is 161 Å². The van der Waals surface area contributed by atoms with Crippen LogP contribution in [-0.4, -0.2) is 15.8 Å². The van der Waals surface area contributed by atoms with Gasteiger partial charge in [-0.3, -0.25) is 9.78 Å². The predicted octanol–water partition coefficient (Wildman–Crippen LogP) is 2.89. The molecule has 3 aromatic rings. The summed E-state index contributed by atoms with van der Waals surface area (Å²) in [7, 11) is 0. The molecule has 1 amide bonds. The molecule has 0 radical (unpaired) electrons. The smallest absolute Gasteiger partial charge is 0.273 e. The van der Waals surface area contributed by atoms with Gasteiger partial charge in [0, 0.05) is 41.1 Å². The van der Waals surface area contributed by atoms with Crippen LogP contribution in [0.25, 0.3) is 10.8 Å². The van der Waals surface area contributed by atoms with Gasteiger partial charge in [-0.05, 0) is 42.0 Å². The highest BCUT2D eigenvalue weighted by atomic mass is 16.2. The number of hydrogen-bond acceptors (Lipinski definition) is 4. The molecule has 5 rings (SSSR count). The van der Waals surface area contributed by atoms with Gasteiger partial charge in [0.25, 0.3) is 5.91 Å². The van der Waals surface area contributed by atoms with Crippen LogP contribution in [0.1, 0.15) is 11.7 Å². The molecular formula is C22H18N5O+. The van der Waals surface area contributed by atoms with Crippen LogP contribution in [0.2, 0.25) is 0 Å². The minimum Gasteiger partial charge on any atom is -0.355 e. The highest BCUT2D eigenvalue weighted by Gasteiger charge is 2.34. The zero-order valence-electron chi connectivity index (χ0n) is 15.0. The van der Waals surface area contributed by atoms with E-state index in [-0.39, 0.29) is 12.1 Å². The number of nitrogens with zero attached hydrogens (tertiary/aromatic N) is 2. The van der Waals surface area contributed by atoms with Crippen LogP contribution >= 0.6 is 0 Å². The van der Waals surface area contributed by atoms with Gasteiger partial charge in [-0.15, -0.1) is 0 Å². The van der Waals surface area contributed by atoms with Crippen LogP contribution < -0.4 is 15.6 Å². The van der Waals surface area contributed by atoms with Crippen molar-refractivity contribution in [1.82, 2.24) is 15.2 Å². The van der Waals surface area contributed by atoms with Crippen molar-refractivity contribution in [3.05, 3.63) is 103 Å². The number of fused-ring (bicyclic) bond motifs is 2. The SMILES string of the molecule is O=C(Nc1cccc2c[nH+]ccc12)C1=C2C=CC=CN2C(c2ccncc2)N1. The molecule has 28 heavy (non-hydrogen) atoms. The molecule has 3 N–H and O–H groups in total.